The predicted molar refractivity (Wildman–Crippen MR) is 33.4 cm³/mol. The van der Waals surface area contributed by atoms with Crippen LogP contribution in [-0.4, -0.2) is 29.5 Å². The van der Waals surface area contributed by atoms with Gasteiger partial charge < -0.3 is 27.8 Å². The van der Waals surface area contributed by atoms with Gasteiger partial charge in [-0.1, -0.05) is 0 Å². The summed E-state index contributed by atoms with van der Waals surface area (Å²) in [4.78, 5) is 8.78. The van der Waals surface area contributed by atoms with Crippen molar-refractivity contribution < 1.29 is 15.0 Å². The fourth-order valence-corrected chi connectivity index (χ4v) is 0. The minimum atomic E-state index is -1.33. The smallest absolute Gasteiger partial charge is 0.402 e. The van der Waals surface area contributed by atoms with Gasteiger partial charge in [0.15, 0.2) is 0 Å². The maximum atomic E-state index is 8.78. The summed E-state index contributed by atoms with van der Waals surface area (Å²) in [5.41, 5.74) is 8.81. The lowest BCUT2D eigenvalue weighted by atomic mass is 10.8. The molecule has 0 radical (unpaired) electrons. The molecule has 58 valence electrons. The van der Waals surface area contributed by atoms with Crippen molar-refractivity contribution in [2.45, 2.75) is 0 Å². The van der Waals surface area contributed by atoms with E-state index in [0.29, 0.717) is 6.54 Å². The Hall–Kier alpha value is -0.850. The van der Waals surface area contributed by atoms with Crippen LogP contribution < -0.4 is 17.6 Å². The maximum absolute atomic E-state index is 8.78. The fraction of sp³-hybridized carbons (Fsp3) is 0.667. The number of amides is 1. The van der Waals surface area contributed by atoms with E-state index >= 15 is 0 Å². The van der Waals surface area contributed by atoms with Gasteiger partial charge in [-0.2, -0.15) is 0 Å². The van der Waals surface area contributed by atoms with Gasteiger partial charge in [-0.25, -0.2) is 4.79 Å². The first-order valence-electron chi connectivity index (χ1n) is 1.94. The molecule has 0 rings (SSSR count). The monoisotopic (exact) mass is 139 g/mol. The van der Waals surface area contributed by atoms with Crippen LogP contribution in [0.15, 0.2) is 0 Å². The Morgan fingerprint density at radius 1 is 1.56 bits per heavy atom. The highest BCUT2D eigenvalue weighted by Gasteiger charge is 1.65. The van der Waals surface area contributed by atoms with Gasteiger partial charge in [0.2, 0.25) is 0 Å². The van der Waals surface area contributed by atoms with Crippen LogP contribution in [0.5, 0.6) is 0 Å². The first-order chi connectivity index (χ1) is 3.65. The Balaban J connectivity index is -0.0000000720. The number of hydrogen-bond donors (Lipinski definition) is 5. The minimum absolute atomic E-state index is 0. The van der Waals surface area contributed by atoms with Crippen LogP contribution in [0.1, 0.15) is 0 Å². The molecule has 0 aromatic carbocycles. The normalized spacial score (nSPS) is 6.00. The summed E-state index contributed by atoms with van der Waals surface area (Å²) in [6.45, 7) is 0.472. The van der Waals surface area contributed by atoms with Crippen LogP contribution in [0.3, 0.4) is 0 Å². The summed E-state index contributed by atoms with van der Waals surface area (Å²) in [5.74, 6) is 0. The number of rotatable bonds is 1. The van der Waals surface area contributed by atoms with Crippen molar-refractivity contribution in [2.24, 2.45) is 11.5 Å². The molecule has 0 saturated heterocycles. The largest absolute Gasteiger partial charge is 0.465 e. The number of primary amides is 1. The molecule has 6 heteroatoms. The van der Waals surface area contributed by atoms with Crippen molar-refractivity contribution in [1.29, 1.82) is 0 Å². The molecule has 9 N–H and O–H groups in total. The highest BCUT2D eigenvalue weighted by Crippen LogP contribution is 1.34. The Morgan fingerprint density at radius 2 is 1.67 bits per heavy atom. The molecule has 0 unspecified atom stereocenters. The van der Waals surface area contributed by atoms with Crippen molar-refractivity contribution in [2.75, 3.05) is 13.2 Å². The Morgan fingerprint density at radius 3 is 1.67 bits per heavy atom. The highest BCUT2D eigenvalue weighted by molar-refractivity contribution is 5.61. The summed E-state index contributed by atoms with van der Waals surface area (Å²) in [6.07, 6.45) is -1.33. The van der Waals surface area contributed by atoms with Crippen molar-refractivity contribution in [1.82, 2.24) is 6.15 Å². The Bertz CT molecular complexity index is 52.3. The second-order valence-electron chi connectivity index (χ2n) is 0.851. The molecule has 0 fully saturated rings. The molecule has 0 aromatic heterocycles. The number of nitrogens with two attached hydrogens (primary N) is 2. The topological polar surface area (TPSA) is 145 Å². The van der Waals surface area contributed by atoms with E-state index in [1.807, 2.05) is 0 Å². The fourth-order valence-electron chi connectivity index (χ4n) is 0. The first-order valence-corrected chi connectivity index (χ1v) is 1.94. The number of hydrogen-bond acceptors (Lipinski definition) is 4. The minimum Gasteiger partial charge on any atom is -0.465 e. The lowest BCUT2D eigenvalue weighted by molar-refractivity contribution is 0.205. The average molecular weight is 139 g/mol. The second kappa shape index (κ2) is 15.7. The maximum Gasteiger partial charge on any atom is 0.402 e. The third-order valence-corrected chi connectivity index (χ3v) is 0.129. The van der Waals surface area contributed by atoms with Crippen LogP contribution in [-0.2, 0) is 0 Å². The predicted octanol–water partition coefficient (Wildman–Crippen LogP) is -1.28. The van der Waals surface area contributed by atoms with Gasteiger partial charge in [0, 0.05) is 6.54 Å². The lowest BCUT2D eigenvalue weighted by Crippen LogP contribution is -2.03. The summed E-state index contributed by atoms with van der Waals surface area (Å²) >= 11 is 0. The van der Waals surface area contributed by atoms with Crippen LogP contribution in [0.25, 0.3) is 0 Å². The molecule has 6 nitrogen and oxygen atoms in total. The van der Waals surface area contributed by atoms with Gasteiger partial charge in [0.1, 0.15) is 0 Å². The zero-order chi connectivity index (χ0) is 6.99. The van der Waals surface area contributed by atoms with Crippen LogP contribution in [0.2, 0.25) is 0 Å². The zero-order valence-electron chi connectivity index (χ0n) is 5.08. The van der Waals surface area contributed by atoms with Crippen molar-refractivity contribution in [3.05, 3.63) is 0 Å². The molecular formula is C3H13N3O3. The molecule has 0 atom stereocenters. The molecule has 0 spiro atoms. The molecule has 0 aliphatic carbocycles. The Kier molecular flexibility index (Phi) is 27.4. The third kappa shape index (κ3) is 8430. The summed E-state index contributed by atoms with van der Waals surface area (Å²) in [6, 6.07) is 0. The quantitative estimate of drug-likeness (QED) is 0.307. The Labute approximate surface area is 53.0 Å². The van der Waals surface area contributed by atoms with E-state index in [1.54, 1.807) is 0 Å². The van der Waals surface area contributed by atoms with Gasteiger partial charge in [-0.15, -0.1) is 0 Å². The molecule has 0 saturated carbocycles. The van der Waals surface area contributed by atoms with Crippen LogP contribution in [0.4, 0.5) is 4.79 Å². The van der Waals surface area contributed by atoms with E-state index in [-0.39, 0.29) is 12.8 Å². The summed E-state index contributed by atoms with van der Waals surface area (Å²) < 4.78 is 0. The van der Waals surface area contributed by atoms with Crippen molar-refractivity contribution in [3.8, 4) is 0 Å². The molecule has 0 aromatic rings. The van der Waals surface area contributed by atoms with Gasteiger partial charge in [-0.3, -0.25) is 0 Å². The van der Waals surface area contributed by atoms with Crippen LogP contribution >= 0.6 is 0 Å². The van der Waals surface area contributed by atoms with E-state index in [2.05, 4.69) is 5.73 Å². The summed E-state index contributed by atoms with van der Waals surface area (Å²) in [7, 11) is 0. The lowest BCUT2D eigenvalue weighted by Gasteiger charge is -1.71. The molecule has 0 heterocycles. The van der Waals surface area contributed by atoms with Gasteiger partial charge in [-0.05, 0) is 0 Å². The second-order valence-corrected chi connectivity index (χ2v) is 0.851. The highest BCUT2D eigenvalue weighted by atomic mass is 16.4. The van der Waals surface area contributed by atoms with E-state index < -0.39 is 6.09 Å². The molecule has 9 heavy (non-hydrogen) atoms. The molecule has 1 amide bonds. The number of aliphatic hydroxyl groups excluding tert-OH is 1. The third-order valence-electron chi connectivity index (χ3n) is 0.129. The summed E-state index contributed by atoms with van der Waals surface area (Å²) in [5, 5.41) is 14.9. The van der Waals surface area contributed by atoms with E-state index in [0.717, 1.165) is 0 Å². The number of carbonyl (C=O) groups is 1. The molecule has 0 bridgehead atoms. The molecule has 0 aliphatic heterocycles. The van der Waals surface area contributed by atoms with E-state index in [4.69, 9.17) is 20.7 Å². The van der Waals surface area contributed by atoms with Gasteiger partial charge >= 0.3 is 6.09 Å². The zero-order valence-corrected chi connectivity index (χ0v) is 5.08. The van der Waals surface area contributed by atoms with Crippen molar-refractivity contribution in [3.63, 3.8) is 0 Å². The molecule has 0 aliphatic rings. The first kappa shape index (κ1) is 15.7. The van der Waals surface area contributed by atoms with E-state index in [9.17, 15) is 0 Å². The van der Waals surface area contributed by atoms with Gasteiger partial charge in [0.25, 0.3) is 0 Å². The SMILES string of the molecule is N.NC(=O)O.NCCO. The van der Waals surface area contributed by atoms with Crippen molar-refractivity contribution >= 4 is 6.09 Å². The number of carboxylic acid groups (broad SMARTS) is 1. The molecular weight excluding hydrogens is 126 g/mol. The van der Waals surface area contributed by atoms with Gasteiger partial charge in [0.05, 0.1) is 6.61 Å². The van der Waals surface area contributed by atoms with Crippen LogP contribution in [0, 0.1) is 0 Å². The standard InChI is InChI=1S/C2H7NO.CH3NO2.H3N/c3-1-2-4;2-1(3)4;/h4H,1-3H2;2H2,(H,3,4);1H3. The average Bonchev–Trinajstić information content (AvgIpc) is 1.65. The number of aliphatic hydroxyl groups is 1. The van der Waals surface area contributed by atoms with E-state index in [1.165, 1.54) is 0 Å².